The van der Waals surface area contributed by atoms with Gasteiger partial charge in [0.25, 0.3) is 0 Å². The number of benzene rings is 1. The Morgan fingerprint density at radius 2 is 1.62 bits per heavy atom. The molecule has 0 radical (unpaired) electrons. The molecule has 4 rings (SSSR count). The van der Waals surface area contributed by atoms with E-state index in [1.54, 1.807) is 24.3 Å². The Kier molecular flexibility index (Phi) is 5.63. The van der Waals surface area contributed by atoms with Gasteiger partial charge in [-0.2, -0.15) is 0 Å². The average molecular weight is 548 g/mol. The van der Waals surface area contributed by atoms with E-state index in [0.717, 1.165) is 11.3 Å². The molecule has 2 amide bonds. The van der Waals surface area contributed by atoms with E-state index in [4.69, 9.17) is 16.3 Å². The minimum atomic E-state index is -1.07. The predicted molar refractivity (Wildman–Crippen MR) is 112 cm³/mol. The number of esters is 1. The Morgan fingerprint density at radius 1 is 1.10 bits per heavy atom. The number of Topliss-reactive ketones (excluding diaryl/α,β-unsaturated/α-hetero) is 1. The molecule has 0 N–H and O–H groups in total. The highest BCUT2D eigenvalue weighted by Gasteiger charge is 2.67. The van der Waals surface area contributed by atoms with Gasteiger partial charge in [0.05, 0.1) is 11.8 Å². The number of likely N-dealkylation sites (tertiary alicyclic amines) is 1. The van der Waals surface area contributed by atoms with Crippen LogP contribution in [0.4, 0.5) is 0 Å². The van der Waals surface area contributed by atoms with Gasteiger partial charge in [-0.3, -0.25) is 19.3 Å². The fourth-order valence-corrected chi connectivity index (χ4v) is 6.83. The van der Waals surface area contributed by atoms with Crippen molar-refractivity contribution in [3.63, 3.8) is 0 Å². The van der Waals surface area contributed by atoms with Crippen LogP contribution >= 0.6 is 43.5 Å². The van der Waals surface area contributed by atoms with Gasteiger partial charge in [-0.05, 0) is 49.4 Å². The molecule has 1 aliphatic heterocycles. The van der Waals surface area contributed by atoms with Crippen molar-refractivity contribution in [1.82, 2.24) is 4.90 Å². The molecule has 2 aliphatic carbocycles. The number of rotatable bonds is 5. The first-order valence-corrected chi connectivity index (χ1v) is 11.5. The lowest BCUT2D eigenvalue weighted by Gasteiger charge is -2.28. The summed E-state index contributed by atoms with van der Waals surface area (Å²) < 4.78 is 5.11. The van der Waals surface area contributed by atoms with Gasteiger partial charge in [-0.15, -0.1) is 0 Å². The van der Waals surface area contributed by atoms with Gasteiger partial charge in [0.1, 0.15) is 6.04 Å². The summed E-state index contributed by atoms with van der Waals surface area (Å²) in [6, 6.07) is 5.16. The molecular weight excluding hydrogens is 529 g/mol. The predicted octanol–water partition coefficient (Wildman–Crippen LogP) is 3.23. The fourth-order valence-electron chi connectivity index (χ4n) is 4.84. The second kappa shape index (κ2) is 7.78. The maximum atomic E-state index is 13.0. The number of fused-ring (bicyclic) bond motifs is 5. The van der Waals surface area contributed by atoms with Gasteiger partial charge in [-0.25, -0.2) is 4.79 Å². The van der Waals surface area contributed by atoms with Crippen molar-refractivity contribution in [2.24, 2.45) is 23.7 Å². The number of imide groups is 1. The standard InChI is InChI=1S/C20H18Br2ClNO5/c1-8(20(28)29-7-13(25)9-2-4-10(23)5-3-9)24-18(26)14-11-6-12(15(14)19(24)27)17(22)16(11)21/h2-5,8,11-12,14-17H,6-7H2,1H3/t8-,11+,12+,14-,15+,16-,17+/m1/s1. The number of carbonyl (C=O) groups excluding carboxylic acids is 4. The maximum Gasteiger partial charge on any atom is 0.329 e. The lowest BCUT2D eigenvalue weighted by atomic mass is 9.81. The molecular formula is C20H18Br2ClNO5. The minimum Gasteiger partial charge on any atom is -0.456 e. The number of carbonyl (C=O) groups is 4. The van der Waals surface area contributed by atoms with Crippen LogP contribution in [0.5, 0.6) is 0 Å². The third kappa shape index (κ3) is 3.37. The van der Waals surface area contributed by atoms with E-state index < -0.39 is 30.5 Å². The van der Waals surface area contributed by atoms with Gasteiger partial charge in [0.2, 0.25) is 11.8 Å². The molecule has 1 saturated heterocycles. The van der Waals surface area contributed by atoms with Crippen molar-refractivity contribution in [3.05, 3.63) is 34.9 Å². The van der Waals surface area contributed by atoms with Crippen molar-refractivity contribution >= 4 is 67.0 Å². The molecule has 29 heavy (non-hydrogen) atoms. The van der Waals surface area contributed by atoms with E-state index in [0.29, 0.717) is 10.6 Å². The van der Waals surface area contributed by atoms with Crippen LogP contribution in [0.3, 0.4) is 0 Å². The van der Waals surface area contributed by atoms with Crippen molar-refractivity contribution in [2.45, 2.75) is 29.0 Å². The molecule has 0 aromatic heterocycles. The first-order chi connectivity index (χ1) is 13.7. The molecule has 154 valence electrons. The highest BCUT2D eigenvalue weighted by atomic mass is 79.9. The Bertz CT molecular complexity index is 859. The molecule has 2 bridgehead atoms. The summed E-state index contributed by atoms with van der Waals surface area (Å²) in [6.45, 7) is 0.997. The summed E-state index contributed by atoms with van der Waals surface area (Å²) in [5.74, 6) is -2.42. The summed E-state index contributed by atoms with van der Waals surface area (Å²) in [5.41, 5.74) is 0.362. The Hall–Kier alpha value is -1.25. The van der Waals surface area contributed by atoms with Gasteiger partial charge in [-0.1, -0.05) is 43.5 Å². The summed E-state index contributed by atoms with van der Waals surface area (Å²) in [7, 11) is 0. The molecule has 7 atom stereocenters. The number of ketones is 1. The largest absolute Gasteiger partial charge is 0.456 e. The zero-order valence-electron chi connectivity index (χ0n) is 15.4. The van der Waals surface area contributed by atoms with Crippen LogP contribution in [-0.2, 0) is 19.1 Å². The monoisotopic (exact) mass is 545 g/mol. The van der Waals surface area contributed by atoms with Crippen LogP contribution in [0.1, 0.15) is 23.7 Å². The second-order valence-electron chi connectivity index (χ2n) is 7.76. The third-order valence-corrected chi connectivity index (χ3v) is 9.72. The number of alkyl halides is 2. The molecule has 3 aliphatic rings. The average Bonchev–Trinajstić information content (AvgIpc) is 3.30. The van der Waals surface area contributed by atoms with Gasteiger partial charge < -0.3 is 4.74 Å². The van der Waals surface area contributed by atoms with E-state index in [9.17, 15) is 19.2 Å². The van der Waals surface area contributed by atoms with Crippen molar-refractivity contribution in [3.8, 4) is 0 Å². The quantitative estimate of drug-likeness (QED) is 0.245. The first-order valence-electron chi connectivity index (χ1n) is 9.32. The van der Waals surface area contributed by atoms with Crippen LogP contribution in [-0.4, -0.2) is 50.8 Å². The number of amides is 2. The number of hydrogen-bond acceptors (Lipinski definition) is 5. The van der Waals surface area contributed by atoms with E-state index in [1.165, 1.54) is 6.92 Å². The molecule has 0 spiro atoms. The number of ether oxygens (including phenoxy) is 1. The van der Waals surface area contributed by atoms with Crippen molar-refractivity contribution in [2.75, 3.05) is 6.61 Å². The zero-order valence-corrected chi connectivity index (χ0v) is 19.3. The molecule has 9 heteroatoms. The van der Waals surface area contributed by atoms with E-state index in [2.05, 4.69) is 31.9 Å². The Morgan fingerprint density at radius 3 is 2.14 bits per heavy atom. The zero-order chi connectivity index (χ0) is 21.0. The summed E-state index contributed by atoms with van der Waals surface area (Å²) in [5, 5.41) is 0.495. The topological polar surface area (TPSA) is 80.8 Å². The fraction of sp³-hybridized carbons (Fsp3) is 0.500. The van der Waals surface area contributed by atoms with E-state index in [-0.39, 0.29) is 39.1 Å². The molecule has 6 nitrogen and oxygen atoms in total. The maximum absolute atomic E-state index is 13.0. The van der Waals surface area contributed by atoms with Gasteiger partial charge in [0.15, 0.2) is 12.4 Å². The Balaban J connectivity index is 1.42. The molecule has 1 aromatic rings. The molecule has 3 fully saturated rings. The van der Waals surface area contributed by atoms with Gasteiger partial charge >= 0.3 is 5.97 Å². The SMILES string of the molecule is C[C@H](C(=O)OCC(=O)c1ccc(Cl)cc1)N1C(=O)[C@@H]2[C@@H]3C[C@H]([C@H](Br)[C@@H]3Br)[C@@H]2C1=O. The summed E-state index contributed by atoms with van der Waals surface area (Å²) in [6.07, 6.45) is 0.820. The lowest BCUT2D eigenvalue weighted by Crippen LogP contribution is -2.45. The number of nitrogens with zero attached hydrogens (tertiary/aromatic N) is 1. The van der Waals surface area contributed by atoms with Crippen LogP contribution in [0, 0.1) is 23.7 Å². The van der Waals surface area contributed by atoms with Crippen LogP contribution in [0.25, 0.3) is 0 Å². The van der Waals surface area contributed by atoms with Crippen LogP contribution in [0.15, 0.2) is 24.3 Å². The lowest BCUT2D eigenvalue weighted by molar-refractivity contribution is -0.157. The first kappa shape index (κ1) is 21.0. The Labute approximate surface area is 189 Å². The summed E-state index contributed by atoms with van der Waals surface area (Å²) >= 11 is 13.1. The van der Waals surface area contributed by atoms with E-state index in [1.807, 2.05) is 0 Å². The smallest absolute Gasteiger partial charge is 0.329 e. The number of halogens is 3. The van der Waals surface area contributed by atoms with E-state index >= 15 is 0 Å². The van der Waals surface area contributed by atoms with Crippen LogP contribution < -0.4 is 0 Å². The molecule has 2 saturated carbocycles. The van der Waals surface area contributed by atoms with Crippen molar-refractivity contribution < 1.29 is 23.9 Å². The second-order valence-corrected chi connectivity index (χ2v) is 10.3. The normalized spacial score (nSPS) is 33.7. The highest BCUT2D eigenvalue weighted by Crippen LogP contribution is 2.60. The molecule has 1 heterocycles. The van der Waals surface area contributed by atoms with Crippen molar-refractivity contribution in [1.29, 1.82) is 0 Å². The summed E-state index contributed by atoms with van der Waals surface area (Å²) in [4.78, 5) is 51.9. The third-order valence-electron chi connectivity index (χ3n) is 6.26. The minimum absolute atomic E-state index is 0.0746. The van der Waals surface area contributed by atoms with Crippen LogP contribution in [0.2, 0.25) is 5.02 Å². The number of hydrogen-bond donors (Lipinski definition) is 0. The highest BCUT2D eigenvalue weighted by molar-refractivity contribution is 9.12. The molecule has 0 unspecified atom stereocenters. The molecule has 1 aromatic carbocycles. The van der Waals surface area contributed by atoms with Gasteiger partial charge in [0, 0.05) is 20.2 Å².